The SMILES string of the molecule is CNC(Cc1cccc(OC)c1)C1CCCCCCC1. The number of likely N-dealkylation sites (N-methyl/N-ethyl adjacent to an activating group) is 1. The van der Waals surface area contributed by atoms with Gasteiger partial charge in [0.25, 0.3) is 0 Å². The summed E-state index contributed by atoms with van der Waals surface area (Å²) in [5.41, 5.74) is 1.38. The van der Waals surface area contributed by atoms with Crippen molar-refractivity contribution in [1.82, 2.24) is 5.32 Å². The molecule has 1 N–H and O–H groups in total. The molecule has 1 unspecified atom stereocenters. The van der Waals surface area contributed by atoms with Gasteiger partial charge in [0, 0.05) is 6.04 Å². The summed E-state index contributed by atoms with van der Waals surface area (Å²) in [4.78, 5) is 0. The molecule has 2 nitrogen and oxygen atoms in total. The van der Waals surface area contributed by atoms with E-state index in [0.29, 0.717) is 6.04 Å². The van der Waals surface area contributed by atoms with Gasteiger partial charge in [0.15, 0.2) is 0 Å². The van der Waals surface area contributed by atoms with Crippen molar-refractivity contribution in [2.24, 2.45) is 5.92 Å². The Bertz CT molecular complexity index is 383. The fourth-order valence-corrected chi connectivity index (χ4v) is 3.45. The average Bonchev–Trinajstić information content (AvgIpc) is 2.45. The topological polar surface area (TPSA) is 21.3 Å². The summed E-state index contributed by atoms with van der Waals surface area (Å²) >= 11 is 0. The highest BCUT2D eigenvalue weighted by Crippen LogP contribution is 2.27. The smallest absolute Gasteiger partial charge is 0.119 e. The van der Waals surface area contributed by atoms with Gasteiger partial charge in [-0.3, -0.25) is 0 Å². The van der Waals surface area contributed by atoms with Gasteiger partial charge < -0.3 is 10.1 Å². The van der Waals surface area contributed by atoms with Gasteiger partial charge in [-0.1, -0.05) is 44.2 Å². The first-order chi connectivity index (χ1) is 9.83. The summed E-state index contributed by atoms with van der Waals surface area (Å²) in [5, 5.41) is 3.57. The van der Waals surface area contributed by atoms with Crippen molar-refractivity contribution in [2.45, 2.75) is 57.4 Å². The highest BCUT2D eigenvalue weighted by molar-refractivity contribution is 5.29. The monoisotopic (exact) mass is 275 g/mol. The number of hydrogen-bond donors (Lipinski definition) is 1. The first kappa shape index (κ1) is 15.4. The van der Waals surface area contributed by atoms with Gasteiger partial charge in [-0.15, -0.1) is 0 Å². The Hall–Kier alpha value is -1.02. The van der Waals surface area contributed by atoms with Crippen molar-refractivity contribution in [3.05, 3.63) is 29.8 Å². The molecule has 0 heterocycles. The van der Waals surface area contributed by atoms with Crippen LogP contribution in [0.5, 0.6) is 5.75 Å². The molecule has 2 heteroatoms. The Labute approximate surface area is 123 Å². The zero-order valence-corrected chi connectivity index (χ0v) is 13.0. The number of ether oxygens (including phenoxy) is 1. The number of nitrogens with one attached hydrogen (secondary N) is 1. The second kappa shape index (κ2) is 8.31. The molecule has 112 valence electrons. The molecule has 0 aliphatic heterocycles. The van der Waals surface area contributed by atoms with E-state index in [2.05, 4.69) is 30.6 Å². The number of benzene rings is 1. The molecule has 1 saturated carbocycles. The van der Waals surface area contributed by atoms with Gasteiger partial charge in [0.05, 0.1) is 7.11 Å². The lowest BCUT2D eigenvalue weighted by molar-refractivity contribution is 0.293. The maximum Gasteiger partial charge on any atom is 0.119 e. The summed E-state index contributed by atoms with van der Waals surface area (Å²) in [5.74, 6) is 1.79. The second-order valence-electron chi connectivity index (χ2n) is 6.06. The molecular formula is C18H29NO. The molecule has 0 spiro atoms. The van der Waals surface area contributed by atoms with Crippen LogP contribution >= 0.6 is 0 Å². The third kappa shape index (κ3) is 4.52. The molecule has 1 aromatic rings. The van der Waals surface area contributed by atoms with Crippen LogP contribution < -0.4 is 10.1 Å². The normalized spacial score (nSPS) is 19.1. The first-order valence-electron chi connectivity index (χ1n) is 8.13. The van der Waals surface area contributed by atoms with Crippen molar-refractivity contribution in [2.75, 3.05) is 14.2 Å². The third-order valence-electron chi connectivity index (χ3n) is 4.68. The lowest BCUT2D eigenvalue weighted by Gasteiger charge is -2.28. The number of rotatable bonds is 5. The van der Waals surface area contributed by atoms with Crippen LogP contribution in [0.15, 0.2) is 24.3 Å². The molecule has 2 rings (SSSR count). The molecule has 0 amide bonds. The van der Waals surface area contributed by atoms with Gasteiger partial charge in [-0.2, -0.15) is 0 Å². The van der Waals surface area contributed by atoms with E-state index >= 15 is 0 Å². The minimum Gasteiger partial charge on any atom is -0.497 e. The molecule has 1 atom stereocenters. The Kier molecular flexibility index (Phi) is 6.38. The fraction of sp³-hybridized carbons (Fsp3) is 0.667. The minimum absolute atomic E-state index is 0.597. The van der Waals surface area contributed by atoms with E-state index in [-0.39, 0.29) is 0 Å². The third-order valence-corrected chi connectivity index (χ3v) is 4.68. The first-order valence-corrected chi connectivity index (χ1v) is 8.13. The Morgan fingerprint density at radius 3 is 2.50 bits per heavy atom. The molecular weight excluding hydrogens is 246 g/mol. The van der Waals surface area contributed by atoms with E-state index in [1.807, 2.05) is 6.07 Å². The number of methoxy groups -OCH3 is 1. The van der Waals surface area contributed by atoms with Crippen molar-refractivity contribution in [1.29, 1.82) is 0 Å². The van der Waals surface area contributed by atoms with Crippen LogP contribution in [-0.4, -0.2) is 20.2 Å². The largest absolute Gasteiger partial charge is 0.497 e. The summed E-state index contributed by atoms with van der Waals surface area (Å²) in [7, 11) is 3.85. The van der Waals surface area contributed by atoms with Gasteiger partial charge in [0.2, 0.25) is 0 Å². The van der Waals surface area contributed by atoms with E-state index in [1.54, 1.807) is 7.11 Å². The fourth-order valence-electron chi connectivity index (χ4n) is 3.45. The van der Waals surface area contributed by atoms with Crippen LogP contribution in [0.25, 0.3) is 0 Å². The van der Waals surface area contributed by atoms with Crippen LogP contribution in [0.4, 0.5) is 0 Å². The van der Waals surface area contributed by atoms with Crippen LogP contribution in [0.1, 0.15) is 50.5 Å². The summed E-state index contributed by atoms with van der Waals surface area (Å²) in [6, 6.07) is 9.11. The average molecular weight is 275 g/mol. The van der Waals surface area contributed by atoms with E-state index in [9.17, 15) is 0 Å². The second-order valence-corrected chi connectivity index (χ2v) is 6.06. The molecule has 1 aliphatic rings. The summed E-state index contributed by atoms with van der Waals surface area (Å²) < 4.78 is 5.33. The van der Waals surface area contributed by atoms with Crippen LogP contribution in [-0.2, 0) is 6.42 Å². The minimum atomic E-state index is 0.597. The highest BCUT2D eigenvalue weighted by atomic mass is 16.5. The molecule has 20 heavy (non-hydrogen) atoms. The summed E-state index contributed by atoms with van der Waals surface area (Å²) in [6.07, 6.45) is 11.0. The molecule has 0 aromatic heterocycles. The van der Waals surface area contributed by atoms with E-state index < -0.39 is 0 Å². The Balaban J connectivity index is 1.99. The van der Waals surface area contributed by atoms with Crippen molar-refractivity contribution in [3.63, 3.8) is 0 Å². The predicted molar refractivity (Wildman–Crippen MR) is 85.4 cm³/mol. The zero-order chi connectivity index (χ0) is 14.2. The maximum atomic E-state index is 5.33. The van der Waals surface area contributed by atoms with E-state index in [4.69, 9.17) is 4.74 Å². The molecule has 0 radical (unpaired) electrons. The Morgan fingerprint density at radius 1 is 1.15 bits per heavy atom. The van der Waals surface area contributed by atoms with Crippen LogP contribution in [0.2, 0.25) is 0 Å². The van der Waals surface area contributed by atoms with Gasteiger partial charge >= 0.3 is 0 Å². The quantitative estimate of drug-likeness (QED) is 0.870. The highest BCUT2D eigenvalue weighted by Gasteiger charge is 2.21. The molecule has 0 bridgehead atoms. The van der Waals surface area contributed by atoms with Crippen LogP contribution in [0, 0.1) is 5.92 Å². The van der Waals surface area contributed by atoms with Crippen molar-refractivity contribution < 1.29 is 4.74 Å². The lowest BCUT2D eigenvalue weighted by Crippen LogP contribution is -2.36. The predicted octanol–water partition coefficient (Wildman–Crippen LogP) is 4.19. The van der Waals surface area contributed by atoms with Crippen molar-refractivity contribution >= 4 is 0 Å². The molecule has 1 aromatic carbocycles. The van der Waals surface area contributed by atoms with Gasteiger partial charge in [-0.25, -0.2) is 0 Å². The lowest BCUT2D eigenvalue weighted by atomic mass is 9.83. The Morgan fingerprint density at radius 2 is 1.85 bits per heavy atom. The summed E-state index contributed by atoms with van der Waals surface area (Å²) in [6.45, 7) is 0. The molecule has 0 saturated heterocycles. The van der Waals surface area contributed by atoms with E-state index in [1.165, 1.54) is 50.5 Å². The van der Waals surface area contributed by atoms with Gasteiger partial charge in [-0.05, 0) is 49.9 Å². The van der Waals surface area contributed by atoms with Gasteiger partial charge in [0.1, 0.15) is 5.75 Å². The standard InChI is InChI=1S/C18H29NO/c1-19-18(16-10-6-4-3-5-7-11-16)14-15-9-8-12-17(13-15)20-2/h8-9,12-13,16,18-19H,3-7,10-11,14H2,1-2H3. The zero-order valence-electron chi connectivity index (χ0n) is 13.0. The molecule has 1 aliphatic carbocycles. The van der Waals surface area contributed by atoms with Crippen LogP contribution in [0.3, 0.4) is 0 Å². The van der Waals surface area contributed by atoms with E-state index in [0.717, 1.165) is 18.1 Å². The maximum absolute atomic E-state index is 5.33. The molecule has 1 fully saturated rings. The van der Waals surface area contributed by atoms with Crippen molar-refractivity contribution in [3.8, 4) is 5.75 Å². The number of hydrogen-bond acceptors (Lipinski definition) is 2.